The summed E-state index contributed by atoms with van der Waals surface area (Å²) in [7, 11) is 0. The quantitative estimate of drug-likeness (QED) is 0.180. The fourth-order valence-corrected chi connectivity index (χ4v) is 8.57. The Morgan fingerprint density at radius 1 is 0.469 bits per heavy atom. The van der Waals surface area contributed by atoms with Gasteiger partial charge in [-0.1, -0.05) is 157 Å². The second-order valence-corrected chi connectivity index (χ2v) is 13.7. The van der Waals surface area contributed by atoms with Gasteiger partial charge in [0.25, 0.3) is 0 Å². The lowest BCUT2D eigenvalue weighted by Crippen LogP contribution is -2.15. The van der Waals surface area contributed by atoms with Crippen molar-refractivity contribution in [3.05, 3.63) is 186 Å². The van der Waals surface area contributed by atoms with Crippen molar-refractivity contribution in [1.82, 2.24) is 15.0 Å². The van der Waals surface area contributed by atoms with E-state index in [1.807, 2.05) is 48.2 Å². The van der Waals surface area contributed by atoms with E-state index < -0.39 is 0 Å². The first-order chi connectivity index (χ1) is 24.3. The van der Waals surface area contributed by atoms with Crippen LogP contribution in [0.25, 0.3) is 45.0 Å². The van der Waals surface area contributed by atoms with Crippen molar-refractivity contribution >= 4 is 22.9 Å². The average Bonchev–Trinajstić information content (AvgIpc) is 3.32. The third-order valence-electron chi connectivity index (χ3n) is 9.67. The summed E-state index contributed by atoms with van der Waals surface area (Å²) >= 11 is 1.89. The predicted molar refractivity (Wildman–Crippen MR) is 201 cm³/mol. The normalized spacial score (nSPS) is 14.7. The SMILES string of the molecule is c1ccc(-c2nc(CCC3CC4=C(c5ccccc5Sc5ccccc54)c4cccc(-c5ccccc5)c43)nc(-c3ccccc3)n2)cc1. The van der Waals surface area contributed by atoms with Gasteiger partial charge < -0.3 is 0 Å². The second-order valence-electron chi connectivity index (χ2n) is 12.7. The Morgan fingerprint density at radius 2 is 0.980 bits per heavy atom. The minimum atomic E-state index is 0.269. The van der Waals surface area contributed by atoms with Crippen molar-refractivity contribution in [1.29, 1.82) is 0 Å². The third kappa shape index (κ3) is 5.58. The van der Waals surface area contributed by atoms with Crippen molar-refractivity contribution in [3.63, 3.8) is 0 Å². The van der Waals surface area contributed by atoms with Gasteiger partial charge in [-0.3, -0.25) is 0 Å². The topological polar surface area (TPSA) is 38.7 Å². The minimum absolute atomic E-state index is 0.269. The van der Waals surface area contributed by atoms with E-state index in [2.05, 4.69) is 121 Å². The Kier molecular flexibility index (Phi) is 7.72. The Hall–Kier alpha value is -5.58. The van der Waals surface area contributed by atoms with Gasteiger partial charge in [0.15, 0.2) is 11.6 Å². The fourth-order valence-electron chi connectivity index (χ4n) is 7.46. The van der Waals surface area contributed by atoms with Crippen LogP contribution in [0.4, 0.5) is 0 Å². The lowest BCUT2D eigenvalue weighted by molar-refractivity contribution is 0.618. The van der Waals surface area contributed by atoms with Crippen molar-refractivity contribution in [2.75, 3.05) is 0 Å². The monoisotopic (exact) mass is 647 g/mol. The second kappa shape index (κ2) is 12.8. The van der Waals surface area contributed by atoms with E-state index in [1.165, 1.54) is 54.3 Å². The van der Waals surface area contributed by atoms with E-state index in [-0.39, 0.29) is 5.92 Å². The summed E-state index contributed by atoms with van der Waals surface area (Å²) in [6, 6.07) is 56.2. The zero-order valence-electron chi connectivity index (χ0n) is 27.0. The summed E-state index contributed by atoms with van der Waals surface area (Å²) in [5.74, 6) is 2.53. The molecule has 0 bridgehead atoms. The van der Waals surface area contributed by atoms with E-state index in [9.17, 15) is 0 Å². The number of fused-ring (bicyclic) bond motifs is 6. The first kappa shape index (κ1) is 29.6. The van der Waals surface area contributed by atoms with Gasteiger partial charge in [-0.25, -0.2) is 15.0 Å². The largest absolute Gasteiger partial charge is 0.213 e. The molecule has 0 fully saturated rings. The molecular formula is C45H33N3S. The highest BCUT2D eigenvalue weighted by Crippen LogP contribution is 2.55. The molecule has 0 amide bonds. The summed E-state index contributed by atoms with van der Waals surface area (Å²) in [6.07, 6.45) is 2.60. The number of hydrogen-bond acceptors (Lipinski definition) is 4. The van der Waals surface area contributed by atoms with Crippen LogP contribution in [0.2, 0.25) is 0 Å². The minimum Gasteiger partial charge on any atom is -0.213 e. The maximum Gasteiger partial charge on any atom is 0.163 e. The van der Waals surface area contributed by atoms with Crippen molar-refractivity contribution in [2.45, 2.75) is 35.0 Å². The molecule has 0 radical (unpaired) electrons. The van der Waals surface area contributed by atoms with Crippen LogP contribution in [0, 0.1) is 0 Å². The van der Waals surface area contributed by atoms with Gasteiger partial charge in [0.2, 0.25) is 0 Å². The molecule has 0 saturated carbocycles. The van der Waals surface area contributed by atoms with Gasteiger partial charge in [-0.15, -0.1) is 0 Å². The van der Waals surface area contributed by atoms with E-state index in [0.717, 1.165) is 47.9 Å². The van der Waals surface area contributed by atoms with Crippen molar-refractivity contribution in [2.24, 2.45) is 0 Å². The first-order valence-electron chi connectivity index (χ1n) is 16.9. The molecule has 7 aromatic rings. The zero-order chi connectivity index (χ0) is 32.6. The maximum absolute atomic E-state index is 5.07. The summed E-state index contributed by atoms with van der Waals surface area (Å²) in [4.78, 5) is 17.7. The lowest BCUT2D eigenvalue weighted by atomic mass is 9.71. The summed E-state index contributed by atoms with van der Waals surface area (Å²) in [5.41, 5.74) is 12.8. The molecule has 234 valence electrons. The highest BCUT2D eigenvalue weighted by Gasteiger charge is 2.34. The van der Waals surface area contributed by atoms with E-state index in [1.54, 1.807) is 0 Å². The molecule has 1 aromatic heterocycles. The van der Waals surface area contributed by atoms with Gasteiger partial charge in [0.1, 0.15) is 5.82 Å². The summed E-state index contributed by atoms with van der Waals surface area (Å²) < 4.78 is 0. The molecule has 49 heavy (non-hydrogen) atoms. The maximum atomic E-state index is 5.07. The highest BCUT2D eigenvalue weighted by molar-refractivity contribution is 7.99. The number of aryl methyl sites for hydroxylation is 1. The van der Waals surface area contributed by atoms with Crippen LogP contribution in [0.5, 0.6) is 0 Å². The molecule has 1 aliphatic carbocycles. The molecule has 2 aliphatic rings. The molecule has 0 N–H and O–H groups in total. The van der Waals surface area contributed by atoms with E-state index in [0.29, 0.717) is 0 Å². The molecule has 0 saturated heterocycles. The molecule has 6 aromatic carbocycles. The Bertz CT molecular complexity index is 2270. The molecule has 1 unspecified atom stereocenters. The molecule has 1 aliphatic heterocycles. The Labute approximate surface area is 291 Å². The number of rotatable bonds is 6. The number of nitrogens with zero attached hydrogens (tertiary/aromatic N) is 3. The van der Waals surface area contributed by atoms with Gasteiger partial charge in [0.05, 0.1) is 0 Å². The molecule has 2 heterocycles. The summed E-state index contributed by atoms with van der Waals surface area (Å²) in [5, 5.41) is 0. The number of allylic oxidation sites excluding steroid dienone is 1. The van der Waals surface area contributed by atoms with Crippen LogP contribution in [-0.4, -0.2) is 15.0 Å². The lowest BCUT2D eigenvalue weighted by Gasteiger charge is -2.32. The Balaban J connectivity index is 1.19. The fraction of sp³-hybridized carbons (Fsp3) is 0.0889. The van der Waals surface area contributed by atoms with Crippen molar-refractivity contribution in [3.8, 4) is 33.9 Å². The van der Waals surface area contributed by atoms with Crippen LogP contribution >= 0.6 is 11.8 Å². The van der Waals surface area contributed by atoms with Crippen LogP contribution in [0.3, 0.4) is 0 Å². The molecular weight excluding hydrogens is 615 g/mol. The first-order valence-corrected chi connectivity index (χ1v) is 17.8. The summed E-state index contributed by atoms with van der Waals surface area (Å²) in [6.45, 7) is 0. The van der Waals surface area contributed by atoms with E-state index in [4.69, 9.17) is 15.0 Å². The molecule has 9 rings (SSSR count). The zero-order valence-corrected chi connectivity index (χ0v) is 27.8. The third-order valence-corrected chi connectivity index (χ3v) is 10.8. The Morgan fingerprint density at radius 3 is 1.63 bits per heavy atom. The van der Waals surface area contributed by atoms with Crippen LogP contribution in [0.1, 0.15) is 46.8 Å². The van der Waals surface area contributed by atoms with Crippen molar-refractivity contribution < 1.29 is 0 Å². The number of benzene rings is 6. The standard InChI is InChI=1S/C45H33N3S/c1-4-15-30(16-5-1)34-23-14-24-37-42(34)33(29-38-35-21-10-12-25-39(35)49-40-26-13-11-22-36(40)43(37)38)27-28-41-46-44(31-17-6-2-7-18-31)48-45(47-41)32-19-8-3-9-20-32/h1-26,33H,27-29H2. The average molecular weight is 648 g/mol. The van der Waals surface area contributed by atoms with E-state index >= 15 is 0 Å². The van der Waals surface area contributed by atoms with Gasteiger partial charge >= 0.3 is 0 Å². The smallest absolute Gasteiger partial charge is 0.163 e. The van der Waals surface area contributed by atoms with Crippen LogP contribution in [0.15, 0.2) is 168 Å². The highest BCUT2D eigenvalue weighted by atomic mass is 32.2. The van der Waals surface area contributed by atoms with Gasteiger partial charge in [-0.05, 0) is 75.4 Å². The molecule has 0 spiro atoms. The number of hydrogen-bond donors (Lipinski definition) is 0. The molecule has 3 nitrogen and oxygen atoms in total. The van der Waals surface area contributed by atoms with Crippen LogP contribution in [-0.2, 0) is 6.42 Å². The van der Waals surface area contributed by atoms with Crippen LogP contribution < -0.4 is 0 Å². The molecule has 4 heteroatoms. The predicted octanol–water partition coefficient (Wildman–Crippen LogP) is 11.4. The molecule has 1 atom stereocenters. The van der Waals surface area contributed by atoms with Gasteiger partial charge in [0, 0.05) is 27.3 Å². The number of aromatic nitrogens is 3. The van der Waals surface area contributed by atoms with Gasteiger partial charge in [-0.2, -0.15) is 0 Å².